The van der Waals surface area contributed by atoms with Crippen molar-refractivity contribution in [2.24, 2.45) is 0 Å². The Labute approximate surface area is 133 Å². The van der Waals surface area contributed by atoms with E-state index in [1.54, 1.807) is 0 Å². The van der Waals surface area contributed by atoms with Crippen LogP contribution in [0.15, 0.2) is 0 Å². The molecule has 1 aliphatic heterocycles. The van der Waals surface area contributed by atoms with Crippen LogP contribution in [-0.4, -0.2) is 67.8 Å². The molecule has 1 heterocycles. The minimum Gasteiger partial charge on any atom is -0.458 e. The van der Waals surface area contributed by atoms with E-state index >= 15 is 0 Å². The molecule has 1 atom stereocenters. The number of methoxy groups -OCH3 is 1. The van der Waals surface area contributed by atoms with E-state index < -0.39 is 49.3 Å². The van der Waals surface area contributed by atoms with Gasteiger partial charge >= 0.3 is 24.2 Å². The zero-order chi connectivity index (χ0) is 18.5. The van der Waals surface area contributed by atoms with Gasteiger partial charge in [0.15, 0.2) is 6.61 Å². The van der Waals surface area contributed by atoms with Gasteiger partial charge in [-0.3, -0.25) is 14.5 Å². The summed E-state index contributed by atoms with van der Waals surface area (Å²) in [5.41, 5.74) is 0. The van der Waals surface area contributed by atoms with Gasteiger partial charge < -0.3 is 14.8 Å². The maximum atomic E-state index is 12.6. The summed E-state index contributed by atoms with van der Waals surface area (Å²) in [6.45, 7) is -2.83. The van der Waals surface area contributed by atoms with Gasteiger partial charge in [0, 0.05) is 6.54 Å². The molecule has 12 heteroatoms. The molecule has 7 nitrogen and oxygen atoms in total. The summed E-state index contributed by atoms with van der Waals surface area (Å²) < 4.78 is 69.1. The number of carbonyl (C=O) groups excluding carboxylic acids is 3. The van der Waals surface area contributed by atoms with Crippen LogP contribution < -0.4 is 5.32 Å². The third-order valence-electron chi connectivity index (χ3n) is 3.20. The topological polar surface area (TPSA) is 84.9 Å². The lowest BCUT2D eigenvalue weighted by atomic mass is 10.2. The Morgan fingerprint density at radius 1 is 1.21 bits per heavy atom. The fourth-order valence-electron chi connectivity index (χ4n) is 1.96. The lowest BCUT2D eigenvalue weighted by molar-refractivity contribution is -0.294. The van der Waals surface area contributed by atoms with Crippen LogP contribution in [0.25, 0.3) is 0 Å². The van der Waals surface area contributed by atoms with Crippen molar-refractivity contribution < 1.29 is 45.8 Å². The molecule has 1 fully saturated rings. The number of carbonyl (C=O) groups is 3. The molecule has 0 bridgehead atoms. The van der Waals surface area contributed by atoms with Crippen molar-refractivity contribution in [1.29, 1.82) is 0 Å². The molecule has 1 unspecified atom stereocenters. The maximum Gasteiger partial charge on any atom is 0.456 e. The lowest BCUT2D eigenvalue weighted by Gasteiger charge is -2.22. The molecule has 2 amide bonds. The Hall–Kier alpha value is -2.14. The Balaban J connectivity index is 2.44. The van der Waals surface area contributed by atoms with E-state index in [1.807, 2.05) is 5.32 Å². The van der Waals surface area contributed by atoms with Crippen molar-refractivity contribution in [2.75, 3.05) is 26.8 Å². The van der Waals surface area contributed by atoms with E-state index in [4.69, 9.17) is 0 Å². The second-order valence-corrected chi connectivity index (χ2v) is 4.90. The van der Waals surface area contributed by atoms with Crippen LogP contribution in [-0.2, 0) is 19.1 Å². The molecule has 0 saturated carbocycles. The van der Waals surface area contributed by atoms with Crippen LogP contribution in [0.3, 0.4) is 0 Å². The number of rotatable bonds is 5. The van der Waals surface area contributed by atoms with E-state index in [-0.39, 0.29) is 6.54 Å². The molecular formula is C12H15F5N2O5. The van der Waals surface area contributed by atoms with Crippen molar-refractivity contribution in [3.05, 3.63) is 0 Å². The minimum absolute atomic E-state index is 0.257. The highest BCUT2D eigenvalue weighted by Crippen LogP contribution is 2.35. The normalized spacial score (nSPS) is 18.2. The monoisotopic (exact) mass is 362 g/mol. The molecule has 0 spiro atoms. The van der Waals surface area contributed by atoms with E-state index in [1.165, 1.54) is 0 Å². The number of hydrogen-bond donors (Lipinski definition) is 1. The zero-order valence-electron chi connectivity index (χ0n) is 12.5. The lowest BCUT2D eigenvalue weighted by Crippen LogP contribution is -2.47. The SMILES string of the molecule is COC(=O)N1CCCC1C(=O)NCC(=O)OCC(F)(F)C(F)(F)F. The van der Waals surface area contributed by atoms with Gasteiger partial charge in [-0.1, -0.05) is 0 Å². The summed E-state index contributed by atoms with van der Waals surface area (Å²) in [6, 6.07) is -0.915. The number of likely N-dealkylation sites (tertiary alicyclic amines) is 1. The van der Waals surface area contributed by atoms with Crippen molar-refractivity contribution in [3.8, 4) is 0 Å². The summed E-state index contributed by atoms with van der Waals surface area (Å²) in [6.07, 6.45) is -5.79. The molecule has 0 aromatic carbocycles. The summed E-state index contributed by atoms with van der Waals surface area (Å²) in [4.78, 5) is 35.5. The summed E-state index contributed by atoms with van der Waals surface area (Å²) >= 11 is 0. The summed E-state index contributed by atoms with van der Waals surface area (Å²) in [5, 5.41) is 2.02. The third-order valence-corrected chi connectivity index (χ3v) is 3.20. The van der Waals surface area contributed by atoms with Crippen LogP contribution in [0.2, 0.25) is 0 Å². The van der Waals surface area contributed by atoms with Crippen molar-refractivity contribution >= 4 is 18.0 Å². The predicted octanol–water partition coefficient (Wildman–Crippen LogP) is 1.07. The third kappa shape index (κ3) is 4.93. The Kier molecular flexibility index (Phi) is 6.32. The highest BCUT2D eigenvalue weighted by molar-refractivity contribution is 5.88. The standard InChI is InChI=1S/C12H15F5N2O5/c1-23-10(22)19-4-2-3-7(19)9(21)18-5-8(20)24-6-11(13,14)12(15,16)17/h7H,2-6H2,1H3,(H,18,21). The van der Waals surface area contributed by atoms with E-state index in [0.29, 0.717) is 12.8 Å². The Morgan fingerprint density at radius 2 is 1.83 bits per heavy atom. The van der Waals surface area contributed by atoms with Gasteiger partial charge in [-0.15, -0.1) is 0 Å². The number of esters is 1. The van der Waals surface area contributed by atoms with Crippen LogP contribution in [0.1, 0.15) is 12.8 Å². The smallest absolute Gasteiger partial charge is 0.456 e. The Bertz CT molecular complexity index is 497. The molecule has 0 aromatic rings. The number of hydrogen-bond acceptors (Lipinski definition) is 5. The van der Waals surface area contributed by atoms with Crippen molar-refractivity contribution in [3.63, 3.8) is 0 Å². The first kappa shape index (κ1) is 19.9. The number of ether oxygens (including phenoxy) is 2. The molecule has 1 N–H and O–H groups in total. The predicted molar refractivity (Wildman–Crippen MR) is 67.1 cm³/mol. The highest BCUT2D eigenvalue weighted by Gasteiger charge is 2.58. The molecular weight excluding hydrogens is 347 g/mol. The van der Waals surface area contributed by atoms with E-state index in [0.717, 1.165) is 12.0 Å². The first-order valence-corrected chi connectivity index (χ1v) is 6.72. The molecule has 0 radical (unpaired) electrons. The van der Waals surface area contributed by atoms with Gasteiger partial charge in [0.05, 0.1) is 7.11 Å². The maximum absolute atomic E-state index is 12.6. The van der Waals surface area contributed by atoms with Crippen LogP contribution in [0.4, 0.5) is 26.7 Å². The quantitative estimate of drug-likeness (QED) is 0.584. The zero-order valence-corrected chi connectivity index (χ0v) is 12.5. The minimum atomic E-state index is -5.85. The van der Waals surface area contributed by atoms with E-state index in [2.05, 4.69) is 9.47 Å². The van der Waals surface area contributed by atoms with Gasteiger partial charge in [-0.05, 0) is 12.8 Å². The number of amides is 2. The first-order chi connectivity index (χ1) is 11.0. The second-order valence-electron chi connectivity index (χ2n) is 4.90. The molecule has 1 aliphatic rings. The summed E-state index contributed by atoms with van der Waals surface area (Å²) in [7, 11) is 1.12. The average Bonchev–Trinajstić information content (AvgIpc) is 2.98. The number of alkyl halides is 5. The number of halogens is 5. The average molecular weight is 362 g/mol. The number of nitrogens with zero attached hydrogens (tertiary/aromatic N) is 1. The molecule has 1 rings (SSSR count). The molecule has 1 saturated heterocycles. The molecule has 24 heavy (non-hydrogen) atoms. The van der Waals surface area contributed by atoms with Gasteiger partial charge in [0.25, 0.3) is 0 Å². The van der Waals surface area contributed by atoms with Gasteiger partial charge in [0.1, 0.15) is 12.6 Å². The van der Waals surface area contributed by atoms with Gasteiger partial charge in [0.2, 0.25) is 5.91 Å². The van der Waals surface area contributed by atoms with E-state index in [9.17, 15) is 36.3 Å². The van der Waals surface area contributed by atoms with Crippen molar-refractivity contribution in [2.45, 2.75) is 31.0 Å². The molecule has 0 aromatic heterocycles. The van der Waals surface area contributed by atoms with Crippen LogP contribution >= 0.6 is 0 Å². The van der Waals surface area contributed by atoms with Crippen LogP contribution in [0, 0.1) is 0 Å². The fraction of sp³-hybridized carbons (Fsp3) is 0.750. The van der Waals surface area contributed by atoms with Gasteiger partial charge in [-0.2, -0.15) is 22.0 Å². The highest BCUT2D eigenvalue weighted by atomic mass is 19.4. The Morgan fingerprint density at radius 3 is 2.38 bits per heavy atom. The largest absolute Gasteiger partial charge is 0.458 e. The fourth-order valence-corrected chi connectivity index (χ4v) is 1.96. The first-order valence-electron chi connectivity index (χ1n) is 6.72. The number of nitrogens with one attached hydrogen (secondary N) is 1. The van der Waals surface area contributed by atoms with Crippen LogP contribution in [0.5, 0.6) is 0 Å². The molecule has 0 aliphatic carbocycles. The second kappa shape index (κ2) is 7.62. The molecule has 138 valence electrons. The summed E-state index contributed by atoms with van der Waals surface area (Å²) in [5.74, 6) is -7.41. The van der Waals surface area contributed by atoms with Gasteiger partial charge in [-0.25, -0.2) is 4.79 Å². The van der Waals surface area contributed by atoms with Crippen molar-refractivity contribution in [1.82, 2.24) is 10.2 Å².